The van der Waals surface area contributed by atoms with Crippen LogP contribution < -0.4 is 40.2 Å². The molecule has 0 saturated carbocycles. The summed E-state index contributed by atoms with van der Waals surface area (Å²) in [7, 11) is 0. The van der Waals surface area contributed by atoms with Crippen LogP contribution in [0.1, 0.15) is 10.4 Å². The van der Waals surface area contributed by atoms with Crippen molar-refractivity contribution in [1.29, 1.82) is 0 Å². The fourth-order valence-electron chi connectivity index (χ4n) is 0.628. The molecular formula is C6H4NNaO4. The summed E-state index contributed by atoms with van der Waals surface area (Å²) in [6.45, 7) is 0. The van der Waals surface area contributed by atoms with E-state index in [2.05, 4.69) is 0 Å². The van der Waals surface area contributed by atoms with Crippen molar-refractivity contribution in [3.63, 3.8) is 0 Å². The quantitative estimate of drug-likeness (QED) is 0.422. The number of hydrogen-bond donors (Lipinski definition) is 2. The van der Waals surface area contributed by atoms with Gasteiger partial charge in [-0.05, 0) is 6.07 Å². The third kappa shape index (κ3) is 2.37. The summed E-state index contributed by atoms with van der Waals surface area (Å²) in [5.41, 5.74) is -0.989. The number of nitrogens with one attached hydrogen (secondary N) is 1. The minimum atomic E-state index is -1.53. The van der Waals surface area contributed by atoms with Crippen molar-refractivity contribution >= 4 is 5.97 Å². The van der Waals surface area contributed by atoms with Crippen molar-refractivity contribution in [2.75, 3.05) is 0 Å². The average molecular weight is 177 g/mol. The number of aromatic nitrogens is 1. The predicted octanol–water partition coefficient (Wildman–Crippen LogP) is -4.55. The maximum absolute atomic E-state index is 10.4. The van der Waals surface area contributed by atoms with Crippen LogP contribution in [-0.2, 0) is 0 Å². The number of pyridine rings is 1. The van der Waals surface area contributed by atoms with Crippen LogP contribution >= 0.6 is 0 Å². The van der Waals surface area contributed by atoms with Gasteiger partial charge >= 0.3 is 29.6 Å². The van der Waals surface area contributed by atoms with Gasteiger partial charge in [-0.3, -0.25) is 9.78 Å². The zero-order chi connectivity index (χ0) is 8.43. The number of aromatic hydroxyl groups is 1. The molecule has 5 nitrogen and oxygen atoms in total. The minimum absolute atomic E-state index is 0. The standard InChI is InChI=1S/C6H5NO4.Na/c8-4-2-1-3(6(10)11)5(9)7-4;/h1-2H,(H,10,11)(H2,7,8,9);/q;+1/p-1. The molecule has 0 bridgehead atoms. The molecule has 0 atom stereocenters. The Labute approximate surface area is 89.3 Å². The van der Waals surface area contributed by atoms with E-state index in [0.717, 1.165) is 12.1 Å². The van der Waals surface area contributed by atoms with E-state index in [9.17, 15) is 14.7 Å². The number of carbonyl (C=O) groups is 1. The van der Waals surface area contributed by atoms with Gasteiger partial charge in [0.2, 0.25) is 0 Å². The fourth-order valence-corrected chi connectivity index (χ4v) is 0.628. The Hall–Kier alpha value is -0.780. The van der Waals surface area contributed by atoms with Crippen molar-refractivity contribution < 1.29 is 44.6 Å². The second-order valence-electron chi connectivity index (χ2n) is 1.87. The molecule has 1 heterocycles. The maximum atomic E-state index is 10.4. The van der Waals surface area contributed by atoms with Crippen molar-refractivity contribution in [2.24, 2.45) is 0 Å². The number of aromatic carboxylic acids is 1. The summed E-state index contributed by atoms with van der Waals surface area (Å²) in [4.78, 5) is 22.5. The smallest absolute Gasteiger partial charge is 0.545 e. The summed E-state index contributed by atoms with van der Waals surface area (Å²) in [5, 5.41) is 18.9. The molecule has 0 aliphatic heterocycles. The van der Waals surface area contributed by atoms with Crippen LogP contribution in [0.25, 0.3) is 0 Å². The summed E-state index contributed by atoms with van der Waals surface area (Å²) in [6, 6.07) is 1.97. The number of H-pyrrole nitrogens is 1. The molecule has 0 amide bonds. The van der Waals surface area contributed by atoms with E-state index in [0.29, 0.717) is 0 Å². The van der Waals surface area contributed by atoms with E-state index in [4.69, 9.17) is 5.11 Å². The SMILES string of the molecule is O=C([O-])c1ccc(=O)[nH]c1O.[Na+]. The number of hydrogen-bond acceptors (Lipinski definition) is 4. The topological polar surface area (TPSA) is 93.2 Å². The van der Waals surface area contributed by atoms with Crippen LogP contribution in [0.4, 0.5) is 0 Å². The molecule has 2 N–H and O–H groups in total. The summed E-state index contributed by atoms with van der Waals surface area (Å²) >= 11 is 0. The number of carboxylic acid groups (broad SMARTS) is 1. The third-order valence-corrected chi connectivity index (χ3v) is 1.12. The van der Waals surface area contributed by atoms with Crippen LogP contribution in [0.3, 0.4) is 0 Å². The largest absolute Gasteiger partial charge is 1.00 e. The molecule has 0 aliphatic carbocycles. The van der Waals surface area contributed by atoms with Gasteiger partial charge in [0.05, 0.1) is 11.5 Å². The number of rotatable bonds is 1. The molecule has 0 unspecified atom stereocenters. The van der Waals surface area contributed by atoms with Crippen molar-refractivity contribution in [3.05, 3.63) is 28.0 Å². The average Bonchev–Trinajstić information content (AvgIpc) is 1.85. The summed E-state index contributed by atoms with van der Waals surface area (Å²) in [6.07, 6.45) is 0. The van der Waals surface area contributed by atoms with Crippen molar-refractivity contribution in [3.8, 4) is 5.88 Å². The van der Waals surface area contributed by atoms with E-state index in [-0.39, 0.29) is 29.6 Å². The van der Waals surface area contributed by atoms with Gasteiger partial charge in [-0.15, -0.1) is 0 Å². The molecule has 12 heavy (non-hydrogen) atoms. The van der Waals surface area contributed by atoms with Crippen molar-refractivity contribution in [2.45, 2.75) is 0 Å². The van der Waals surface area contributed by atoms with Gasteiger partial charge in [-0.25, -0.2) is 0 Å². The molecule has 0 saturated heterocycles. The minimum Gasteiger partial charge on any atom is -0.545 e. The van der Waals surface area contributed by atoms with Crippen LogP contribution in [0.2, 0.25) is 0 Å². The summed E-state index contributed by atoms with van der Waals surface area (Å²) in [5.74, 6) is -2.21. The molecule has 1 aromatic rings. The number of aromatic amines is 1. The molecular weight excluding hydrogens is 173 g/mol. The molecule has 1 aromatic heterocycles. The Morgan fingerprint density at radius 1 is 1.50 bits per heavy atom. The Bertz CT molecular complexity index is 346. The van der Waals surface area contributed by atoms with Gasteiger partial charge in [0.15, 0.2) is 5.88 Å². The molecule has 58 valence electrons. The fraction of sp³-hybridized carbons (Fsp3) is 0. The first kappa shape index (κ1) is 11.2. The molecule has 0 aliphatic rings. The summed E-state index contributed by atoms with van der Waals surface area (Å²) < 4.78 is 0. The normalized spacial score (nSPS) is 8.67. The van der Waals surface area contributed by atoms with Crippen molar-refractivity contribution in [1.82, 2.24) is 4.98 Å². The van der Waals surface area contributed by atoms with Gasteiger partial charge < -0.3 is 15.0 Å². The zero-order valence-corrected chi connectivity index (χ0v) is 8.33. The first-order chi connectivity index (χ1) is 5.11. The third-order valence-electron chi connectivity index (χ3n) is 1.12. The van der Waals surface area contributed by atoms with Crippen LogP contribution in [0.5, 0.6) is 5.88 Å². The van der Waals surface area contributed by atoms with E-state index in [1.807, 2.05) is 4.98 Å². The van der Waals surface area contributed by atoms with Gasteiger partial charge in [-0.2, -0.15) is 0 Å². The van der Waals surface area contributed by atoms with Crippen LogP contribution in [0.15, 0.2) is 16.9 Å². The maximum Gasteiger partial charge on any atom is 1.00 e. The number of carboxylic acids is 1. The predicted molar refractivity (Wildman–Crippen MR) is 33.1 cm³/mol. The molecule has 0 aromatic carbocycles. The van der Waals surface area contributed by atoms with Crippen LogP contribution in [0, 0.1) is 0 Å². The van der Waals surface area contributed by atoms with Gasteiger partial charge in [0, 0.05) is 6.07 Å². The van der Waals surface area contributed by atoms with E-state index in [1.165, 1.54) is 0 Å². The second-order valence-corrected chi connectivity index (χ2v) is 1.87. The molecule has 1 rings (SSSR count). The van der Waals surface area contributed by atoms with E-state index < -0.39 is 23.0 Å². The Morgan fingerprint density at radius 2 is 2.08 bits per heavy atom. The Balaban J connectivity index is 0.00000121. The molecule has 0 spiro atoms. The zero-order valence-electron chi connectivity index (χ0n) is 6.33. The number of carbonyl (C=O) groups excluding carboxylic acids is 1. The monoisotopic (exact) mass is 177 g/mol. The Morgan fingerprint density at radius 3 is 2.50 bits per heavy atom. The molecule has 0 radical (unpaired) electrons. The molecule has 0 fully saturated rings. The second kappa shape index (κ2) is 4.30. The first-order valence-electron chi connectivity index (χ1n) is 2.75. The van der Waals surface area contributed by atoms with E-state index >= 15 is 0 Å². The molecule has 6 heteroatoms. The van der Waals surface area contributed by atoms with Gasteiger partial charge in [0.1, 0.15) is 0 Å². The van der Waals surface area contributed by atoms with Gasteiger partial charge in [0.25, 0.3) is 5.56 Å². The first-order valence-corrected chi connectivity index (χ1v) is 2.75. The Kier molecular flexibility index (Phi) is 4.02. The van der Waals surface area contributed by atoms with Crippen LogP contribution in [-0.4, -0.2) is 16.1 Å². The van der Waals surface area contributed by atoms with E-state index in [1.54, 1.807) is 0 Å². The van der Waals surface area contributed by atoms with Gasteiger partial charge in [-0.1, -0.05) is 0 Å².